The summed E-state index contributed by atoms with van der Waals surface area (Å²) in [6, 6.07) is 8.30. The maximum atomic E-state index is 12.5. The third-order valence-corrected chi connectivity index (χ3v) is 6.52. The Hall–Kier alpha value is -2.51. The number of aliphatic hydroxyl groups excluding tert-OH is 2. The lowest BCUT2D eigenvalue weighted by atomic mass is 9.90. The van der Waals surface area contributed by atoms with E-state index in [0.29, 0.717) is 30.6 Å². The quantitative estimate of drug-likeness (QED) is 0.172. The van der Waals surface area contributed by atoms with Crippen molar-refractivity contribution < 1.29 is 29.3 Å². The minimum atomic E-state index is -1.88. The second-order valence-corrected chi connectivity index (χ2v) is 9.35. The van der Waals surface area contributed by atoms with Crippen molar-refractivity contribution in [3.8, 4) is 0 Å². The SMILES string of the molecule is CCCCCCC(=O)CCCCCC/C=C/C[C@H]1OC(=O)[C@@](CO)(NC(=O)c2ccccc2)[C@H]1O. The number of Topliss-reactive ketones (excluding diaryl/α,β-unsaturated/α-hetero) is 1. The van der Waals surface area contributed by atoms with Crippen molar-refractivity contribution in [3.63, 3.8) is 0 Å². The molecule has 0 unspecified atom stereocenters. The number of unbranched alkanes of at least 4 members (excludes halogenated alkanes) is 7. The number of esters is 1. The summed E-state index contributed by atoms with van der Waals surface area (Å²) in [5, 5.41) is 23.1. The molecule has 2 rings (SSSR count). The van der Waals surface area contributed by atoms with Gasteiger partial charge < -0.3 is 20.3 Å². The maximum Gasteiger partial charge on any atom is 0.337 e. The first-order valence-corrected chi connectivity index (χ1v) is 13.0. The summed E-state index contributed by atoms with van der Waals surface area (Å²) in [5.74, 6) is -1.02. The summed E-state index contributed by atoms with van der Waals surface area (Å²) in [6.07, 6.45) is 12.8. The van der Waals surface area contributed by atoms with Gasteiger partial charge in [-0.05, 0) is 37.8 Å². The topological polar surface area (TPSA) is 113 Å². The van der Waals surface area contributed by atoms with Gasteiger partial charge in [-0.3, -0.25) is 9.59 Å². The fourth-order valence-corrected chi connectivity index (χ4v) is 4.27. The van der Waals surface area contributed by atoms with E-state index in [1.54, 1.807) is 30.3 Å². The second kappa shape index (κ2) is 15.5. The Labute approximate surface area is 209 Å². The summed E-state index contributed by atoms with van der Waals surface area (Å²) in [7, 11) is 0. The highest BCUT2D eigenvalue weighted by atomic mass is 16.6. The molecule has 1 saturated heterocycles. The van der Waals surface area contributed by atoms with E-state index >= 15 is 0 Å². The Morgan fingerprint density at radius 1 is 1.00 bits per heavy atom. The average molecular weight is 488 g/mol. The zero-order chi connectivity index (χ0) is 25.5. The van der Waals surface area contributed by atoms with Gasteiger partial charge in [-0.2, -0.15) is 0 Å². The molecular weight excluding hydrogens is 446 g/mol. The lowest BCUT2D eigenvalue weighted by Gasteiger charge is -2.28. The zero-order valence-corrected chi connectivity index (χ0v) is 20.9. The molecule has 7 nitrogen and oxygen atoms in total. The summed E-state index contributed by atoms with van der Waals surface area (Å²) in [5.41, 5.74) is -1.56. The number of cyclic esters (lactones) is 1. The molecule has 0 saturated carbocycles. The molecule has 1 heterocycles. The van der Waals surface area contributed by atoms with E-state index in [2.05, 4.69) is 12.2 Å². The van der Waals surface area contributed by atoms with Gasteiger partial charge in [0, 0.05) is 24.8 Å². The number of hydrogen-bond donors (Lipinski definition) is 3. The highest BCUT2D eigenvalue weighted by Crippen LogP contribution is 2.29. The van der Waals surface area contributed by atoms with Gasteiger partial charge in [0.05, 0.1) is 6.61 Å². The van der Waals surface area contributed by atoms with E-state index in [1.807, 2.05) is 12.2 Å². The number of allylic oxidation sites excluding steroid dienone is 1. The zero-order valence-electron chi connectivity index (χ0n) is 20.9. The summed E-state index contributed by atoms with van der Waals surface area (Å²) >= 11 is 0. The predicted octanol–water partition coefficient (Wildman–Crippen LogP) is 4.26. The van der Waals surface area contributed by atoms with Gasteiger partial charge in [-0.15, -0.1) is 0 Å². The molecule has 1 fully saturated rings. The highest BCUT2D eigenvalue weighted by Gasteiger charge is 2.57. The number of ketones is 1. The van der Waals surface area contributed by atoms with Crippen LogP contribution in [0.2, 0.25) is 0 Å². The van der Waals surface area contributed by atoms with Crippen LogP contribution in [-0.4, -0.2) is 52.2 Å². The number of ether oxygens (including phenoxy) is 1. The van der Waals surface area contributed by atoms with Gasteiger partial charge in [-0.25, -0.2) is 4.79 Å². The summed E-state index contributed by atoms with van der Waals surface area (Å²) < 4.78 is 5.29. The summed E-state index contributed by atoms with van der Waals surface area (Å²) in [6.45, 7) is 1.41. The van der Waals surface area contributed by atoms with Crippen molar-refractivity contribution in [1.82, 2.24) is 5.32 Å². The van der Waals surface area contributed by atoms with Crippen LogP contribution in [0.15, 0.2) is 42.5 Å². The number of nitrogens with one attached hydrogen (secondary N) is 1. The van der Waals surface area contributed by atoms with E-state index in [9.17, 15) is 24.6 Å². The number of rotatable bonds is 17. The number of hydrogen-bond acceptors (Lipinski definition) is 6. The number of carbonyl (C=O) groups is 3. The third kappa shape index (κ3) is 8.89. The van der Waals surface area contributed by atoms with Gasteiger partial charge in [0.25, 0.3) is 5.91 Å². The molecule has 1 aliphatic heterocycles. The Morgan fingerprint density at radius 3 is 2.31 bits per heavy atom. The smallest absolute Gasteiger partial charge is 0.337 e. The lowest BCUT2D eigenvalue weighted by molar-refractivity contribution is -0.147. The van der Waals surface area contributed by atoms with Crippen LogP contribution in [-0.2, 0) is 14.3 Å². The Kier molecular flexibility index (Phi) is 12.7. The van der Waals surface area contributed by atoms with Crippen LogP contribution in [0.5, 0.6) is 0 Å². The number of carbonyl (C=O) groups excluding carboxylic acids is 3. The van der Waals surface area contributed by atoms with Crippen molar-refractivity contribution >= 4 is 17.7 Å². The Bertz CT molecular complexity index is 824. The molecule has 3 N–H and O–H groups in total. The number of amides is 1. The predicted molar refractivity (Wildman–Crippen MR) is 135 cm³/mol. The van der Waals surface area contributed by atoms with E-state index in [0.717, 1.165) is 44.9 Å². The first kappa shape index (κ1) is 28.7. The van der Waals surface area contributed by atoms with E-state index in [4.69, 9.17) is 4.74 Å². The van der Waals surface area contributed by atoms with Crippen LogP contribution in [0.1, 0.15) is 94.3 Å². The molecule has 7 heteroatoms. The van der Waals surface area contributed by atoms with E-state index in [1.165, 1.54) is 12.8 Å². The third-order valence-electron chi connectivity index (χ3n) is 6.52. The van der Waals surface area contributed by atoms with Crippen LogP contribution in [0.3, 0.4) is 0 Å². The van der Waals surface area contributed by atoms with Crippen molar-refractivity contribution in [2.24, 2.45) is 0 Å². The minimum Gasteiger partial charge on any atom is -0.457 e. The first-order chi connectivity index (χ1) is 16.9. The molecule has 194 valence electrons. The van der Waals surface area contributed by atoms with Crippen LogP contribution < -0.4 is 5.32 Å². The first-order valence-electron chi connectivity index (χ1n) is 13.0. The van der Waals surface area contributed by atoms with Gasteiger partial charge in [0.15, 0.2) is 5.54 Å². The molecule has 1 aromatic carbocycles. The fraction of sp³-hybridized carbons (Fsp3) is 0.607. The normalized spacial score (nSPS) is 21.9. The van der Waals surface area contributed by atoms with Crippen molar-refractivity contribution in [2.75, 3.05) is 6.61 Å². The Morgan fingerprint density at radius 2 is 1.66 bits per heavy atom. The molecule has 1 aromatic rings. The molecule has 1 aliphatic rings. The lowest BCUT2D eigenvalue weighted by Crippen LogP contribution is -2.62. The van der Waals surface area contributed by atoms with Crippen molar-refractivity contribution in [1.29, 1.82) is 0 Å². The highest BCUT2D eigenvalue weighted by molar-refractivity contribution is 5.99. The molecule has 0 spiro atoms. The van der Waals surface area contributed by atoms with Crippen LogP contribution in [0, 0.1) is 0 Å². The summed E-state index contributed by atoms with van der Waals surface area (Å²) in [4.78, 5) is 36.8. The molecule has 0 aromatic heterocycles. The van der Waals surface area contributed by atoms with Crippen molar-refractivity contribution in [2.45, 2.75) is 102 Å². The Balaban J connectivity index is 1.66. The van der Waals surface area contributed by atoms with Crippen LogP contribution in [0.4, 0.5) is 0 Å². The molecule has 1 amide bonds. The molecule has 0 bridgehead atoms. The largest absolute Gasteiger partial charge is 0.457 e. The maximum absolute atomic E-state index is 12.5. The number of aliphatic hydroxyl groups is 2. The van der Waals surface area contributed by atoms with Crippen molar-refractivity contribution in [3.05, 3.63) is 48.0 Å². The van der Waals surface area contributed by atoms with Gasteiger partial charge in [-0.1, -0.05) is 69.4 Å². The molecule has 3 atom stereocenters. The van der Waals surface area contributed by atoms with Gasteiger partial charge in [0.2, 0.25) is 0 Å². The molecule has 0 radical (unpaired) electrons. The molecule has 0 aliphatic carbocycles. The molecular formula is C28H41NO6. The van der Waals surface area contributed by atoms with E-state index < -0.39 is 36.2 Å². The fourth-order valence-electron chi connectivity index (χ4n) is 4.27. The monoisotopic (exact) mass is 487 g/mol. The van der Waals surface area contributed by atoms with Gasteiger partial charge >= 0.3 is 5.97 Å². The average Bonchev–Trinajstić information content (AvgIpc) is 3.10. The van der Waals surface area contributed by atoms with Gasteiger partial charge in [0.1, 0.15) is 18.0 Å². The standard InChI is InChI=1S/C28H41NO6/c1-2-3-4-13-18-23(31)19-14-8-6-5-7-9-15-20-24-25(32)28(21-30,27(34)35-24)29-26(33)22-16-11-10-12-17-22/h9-12,15-17,24-25,30,32H,2-8,13-14,18-21H2,1H3,(H,29,33)/b15-9+/t24-,25+,28+/m1/s1. The van der Waals surface area contributed by atoms with E-state index in [-0.39, 0.29) is 0 Å². The van der Waals surface area contributed by atoms with Crippen LogP contribution in [0.25, 0.3) is 0 Å². The van der Waals surface area contributed by atoms with Crippen LogP contribution >= 0.6 is 0 Å². The minimum absolute atomic E-state index is 0.294. The molecule has 35 heavy (non-hydrogen) atoms. The number of benzene rings is 1. The second-order valence-electron chi connectivity index (χ2n) is 9.35.